The smallest absolute Gasteiger partial charge is 0.265 e. The summed E-state index contributed by atoms with van der Waals surface area (Å²) in [6.07, 6.45) is 1.07. The van der Waals surface area contributed by atoms with Gasteiger partial charge in [-0.15, -0.1) is 0 Å². The molecule has 0 radical (unpaired) electrons. The first-order valence-electron chi connectivity index (χ1n) is 8.96. The number of fused-ring (bicyclic) bond motifs is 1. The summed E-state index contributed by atoms with van der Waals surface area (Å²) < 4.78 is 5.43. The van der Waals surface area contributed by atoms with E-state index in [0.717, 1.165) is 17.7 Å². The fourth-order valence-corrected chi connectivity index (χ4v) is 3.10. The molecule has 0 bridgehead atoms. The zero-order valence-corrected chi connectivity index (χ0v) is 15.2. The lowest BCUT2D eigenvalue weighted by Crippen LogP contribution is -2.41. The Bertz CT molecular complexity index is 786. The fourth-order valence-electron chi connectivity index (χ4n) is 3.10. The number of hydrogen-bond acceptors (Lipinski definition) is 3. The van der Waals surface area contributed by atoms with E-state index >= 15 is 0 Å². The van der Waals surface area contributed by atoms with Gasteiger partial charge in [-0.05, 0) is 31.0 Å². The maximum absolute atomic E-state index is 12.4. The number of amides is 2. The van der Waals surface area contributed by atoms with Crippen molar-refractivity contribution in [3.8, 4) is 5.75 Å². The largest absolute Gasteiger partial charge is 0.482 e. The highest BCUT2D eigenvalue weighted by molar-refractivity contribution is 5.98. The summed E-state index contributed by atoms with van der Waals surface area (Å²) in [7, 11) is 0. The van der Waals surface area contributed by atoms with Crippen LogP contribution < -0.4 is 15.0 Å². The van der Waals surface area contributed by atoms with Crippen LogP contribution in [0.1, 0.15) is 36.9 Å². The summed E-state index contributed by atoms with van der Waals surface area (Å²) >= 11 is 0. The number of benzene rings is 2. The third kappa shape index (κ3) is 4.04. The molecule has 136 valence electrons. The Morgan fingerprint density at radius 2 is 1.92 bits per heavy atom. The van der Waals surface area contributed by atoms with Gasteiger partial charge in [-0.2, -0.15) is 0 Å². The zero-order valence-electron chi connectivity index (χ0n) is 15.2. The van der Waals surface area contributed by atoms with Gasteiger partial charge in [-0.3, -0.25) is 9.59 Å². The van der Waals surface area contributed by atoms with Gasteiger partial charge in [0.25, 0.3) is 5.91 Å². The molecule has 1 N–H and O–H groups in total. The summed E-state index contributed by atoms with van der Waals surface area (Å²) in [5, 5.41) is 3.07. The predicted molar refractivity (Wildman–Crippen MR) is 101 cm³/mol. The minimum Gasteiger partial charge on any atom is -0.482 e. The second-order valence-electron chi connectivity index (χ2n) is 6.49. The first kappa shape index (κ1) is 18.0. The van der Waals surface area contributed by atoms with Gasteiger partial charge in [-0.25, -0.2) is 0 Å². The van der Waals surface area contributed by atoms with Crippen LogP contribution in [-0.2, 0) is 9.59 Å². The molecule has 0 aliphatic carbocycles. The van der Waals surface area contributed by atoms with E-state index in [4.69, 9.17) is 4.74 Å². The van der Waals surface area contributed by atoms with Crippen molar-refractivity contribution in [1.29, 1.82) is 0 Å². The van der Waals surface area contributed by atoms with Gasteiger partial charge in [-0.1, -0.05) is 48.9 Å². The molecular weight excluding hydrogens is 328 g/mol. The molecule has 0 spiro atoms. The highest BCUT2D eigenvalue weighted by Crippen LogP contribution is 2.31. The lowest BCUT2D eigenvalue weighted by molar-refractivity contribution is -0.122. The summed E-state index contributed by atoms with van der Waals surface area (Å²) in [5.74, 6) is 0.495. The number of para-hydroxylation sites is 2. The second kappa shape index (κ2) is 8.04. The first-order valence-corrected chi connectivity index (χ1v) is 8.96. The van der Waals surface area contributed by atoms with Crippen LogP contribution in [0.15, 0.2) is 48.5 Å². The molecule has 1 aliphatic heterocycles. The van der Waals surface area contributed by atoms with Crippen LogP contribution in [0.4, 0.5) is 5.69 Å². The third-order valence-corrected chi connectivity index (χ3v) is 4.59. The van der Waals surface area contributed by atoms with Gasteiger partial charge in [0.15, 0.2) is 6.61 Å². The number of nitrogens with one attached hydrogen (secondary N) is 1. The molecule has 0 aromatic heterocycles. The number of hydrogen-bond donors (Lipinski definition) is 1. The van der Waals surface area contributed by atoms with E-state index in [1.54, 1.807) is 4.90 Å². The van der Waals surface area contributed by atoms with Crippen molar-refractivity contribution in [3.63, 3.8) is 0 Å². The van der Waals surface area contributed by atoms with Gasteiger partial charge in [0.1, 0.15) is 5.75 Å². The maximum Gasteiger partial charge on any atom is 0.265 e. The molecule has 0 saturated carbocycles. The molecule has 3 rings (SSSR count). The van der Waals surface area contributed by atoms with Crippen molar-refractivity contribution in [2.24, 2.45) is 0 Å². The monoisotopic (exact) mass is 352 g/mol. The summed E-state index contributed by atoms with van der Waals surface area (Å²) in [6.45, 7) is 4.45. The van der Waals surface area contributed by atoms with Crippen molar-refractivity contribution < 1.29 is 14.3 Å². The van der Waals surface area contributed by atoms with Crippen LogP contribution in [0, 0.1) is 6.92 Å². The molecule has 0 fully saturated rings. The Morgan fingerprint density at radius 1 is 1.19 bits per heavy atom. The Morgan fingerprint density at radius 3 is 2.65 bits per heavy atom. The minimum atomic E-state index is -0.123. The highest BCUT2D eigenvalue weighted by Gasteiger charge is 2.25. The van der Waals surface area contributed by atoms with Crippen LogP contribution in [0.3, 0.4) is 0 Å². The van der Waals surface area contributed by atoms with E-state index in [0.29, 0.717) is 12.3 Å². The van der Waals surface area contributed by atoms with Crippen LogP contribution in [0.2, 0.25) is 0 Å². The molecule has 5 heteroatoms. The van der Waals surface area contributed by atoms with Gasteiger partial charge in [0.2, 0.25) is 5.91 Å². The van der Waals surface area contributed by atoms with E-state index in [-0.39, 0.29) is 30.9 Å². The number of aryl methyl sites for hydroxylation is 1. The van der Waals surface area contributed by atoms with Gasteiger partial charge >= 0.3 is 0 Å². The van der Waals surface area contributed by atoms with E-state index in [1.807, 2.05) is 62.4 Å². The topological polar surface area (TPSA) is 58.6 Å². The molecule has 1 heterocycles. The van der Waals surface area contributed by atoms with Gasteiger partial charge < -0.3 is 15.0 Å². The molecule has 2 aromatic carbocycles. The Labute approximate surface area is 154 Å². The molecule has 5 nitrogen and oxygen atoms in total. The second-order valence-corrected chi connectivity index (χ2v) is 6.49. The molecule has 1 atom stereocenters. The number of ether oxygens (including phenoxy) is 1. The van der Waals surface area contributed by atoms with Crippen molar-refractivity contribution in [3.05, 3.63) is 59.7 Å². The van der Waals surface area contributed by atoms with Crippen molar-refractivity contribution in [1.82, 2.24) is 5.32 Å². The first-order chi connectivity index (χ1) is 12.6. The van der Waals surface area contributed by atoms with Crippen molar-refractivity contribution in [2.75, 3.05) is 18.1 Å². The SMILES string of the molecule is CC[C@@H](NC(=O)CCN1C(=O)COc2ccccc21)c1ccc(C)cc1. The Hall–Kier alpha value is -2.82. The van der Waals surface area contributed by atoms with Crippen LogP contribution in [0.25, 0.3) is 0 Å². The molecule has 2 aromatic rings. The summed E-state index contributed by atoms with van der Waals surface area (Å²) in [6, 6.07) is 15.6. The molecular formula is C21H24N2O3. The average Bonchev–Trinajstić information content (AvgIpc) is 2.66. The third-order valence-electron chi connectivity index (χ3n) is 4.59. The van der Waals surface area contributed by atoms with Crippen LogP contribution >= 0.6 is 0 Å². The summed E-state index contributed by atoms with van der Waals surface area (Å²) in [4.78, 5) is 26.2. The van der Waals surface area contributed by atoms with Gasteiger partial charge in [0.05, 0.1) is 11.7 Å². The number of carbonyl (C=O) groups is 2. The van der Waals surface area contributed by atoms with Crippen molar-refractivity contribution in [2.45, 2.75) is 32.7 Å². The Balaban J connectivity index is 1.61. The minimum absolute atomic E-state index is 0.0135. The standard InChI is InChI=1S/C21H24N2O3/c1-3-17(16-10-8-15(2)9-11-16)22-20(24)12-13-23-18-6-4-5-7-19(18)26-14-21(23)25/h4-11,17H,3,12-14H2,1-2H3,(H,22,24)/t17-/m1/s1. The number of rotatable bonds is 6. The predicted octanol–water partition coefficient (Wildman–Crippen LogP) is 3.38. The molecule has 0 unspecified atom stereocenters. The molecule has 1 aliphatic rings. The Kier molecular flexibility index (Phi) is 5.56. The van der Waals surface area contributed by atoms with Crippen molar-refractivity contribution >= 4 is 17.5 Å². The normalized spacial score (nSPS) is 14.4. The van der Waals surface area contributed by atoms with Crippen LogP contribution in [-0.4, -0.2) is 25.0 Å². The molecule has 0 saturated heterocycles. The molecule has 26 heavy (non-hydrogen) atoms. The van der Waals surface area contributed by atoms with E-state index < -0.39 is 0 Å². The quantitative estimate of drug-likeness (QED) is 0.867. The number of nitrogens with zero attached hydrogens (tertiary/aromatic N) is 1. The zero-order chi connectivity index (χ0) is 18.5. The van der Waals surface area contributed by atoms with E-state index in [1.165, 1.54) is 5.56 Å². The molecule has 2 amide bonds. The van der Waals surface area contributed by atoms with Gasteiger partial charge in [0, 0.05) is 13.0 Å². The highest BCUT2D eigenvalue weighted by atomic mass is 16.5. The summed E-state index contributed by atoms with van der Waals surface area (Å²) in [5.41, 5.74) is 3.01. The van der Waals surface area contributed by atoms with E-state index in [2.05, 4.69) is 5.32 Å². The van der Waals surface area contributed by atoms with E-state index in [9.17, 15) is 9.59 Å². The maximum atomic E-state index is 12.4. The lowest BCUT2D eigenvalue weighted by atomic mass is 10.0. The number of carbonyl (C=O) groups excluding carboxylic acids is 2. The lowest BCUT2D eigenvalue weighted by Gasteiger charge is -2.29. The number of anilines is 1. The van der Waals surface area contributed by atoms with Crippen LogP contribution in [0.5, 0.6) is 5.75 Å². The average molecular weight is 352 g/mol. The fraction of sp³-hybridized carbons (Fsp3) is 0.333.